The molecule has 118 valence electrons. The molecule has 0 aliphatic heterocycles. The summed E-state index contributed by atoms with van der Waals surface area (Å²) in [5.41, 5.74) is 1.74. The Balaban J connectivity index is 2.07. The van der Waals surface area contributed by atoms with Gasteiger partial charge in [-0.2, -0.15) is 0 Å². The molecule has 0 saturated heterocycles. The summed E-state index contributed by atoms with van der Waals surface area (Å²) in [5, 5.41) is 14.0. The number of hydrogen-bond acceptors (Lipinski definition) is 3. The maximum absolute atomic E-state index is 10.5. The fourth-order valence-corrected chi connectivity index (χ4v) is 2.98. The van der Waals surface area contributed by atoms with Gasteiger partial charge in [0.15, 0.2) is 0 Å². The van der Waals surface area contributed by atoms with Crippen molar-refractivity contribution in [2.45, 2.75) is 64.5 Å². The van der Waals surface area contributed by atoms with Gasteiger partial charge in [0, 0.05) is 11.6 Å². The van der Waals surface area contributed by atoms with E-state index in [4.69, 9.17) is 4.74 Å². The molecule has 0 heterocycles. The van der Waals surface area contributed by atoms with Gasteiger partial charge >= 0.3 is 0 Å². The Morgan fingerprint density at radius 1 is 1.33 bits per heavy atom. The van der Waals surface area contributed by atoms with E-state index in [-0.39, 0.29) is 6.04 Å². The van der Waals surface area contributed by atoms with Crippen LogP contribution in [0.5, 0.6) is 5.75 Å². The highest BCUT2D eigenvalue weighted by Crippen LogP contribution is 2.32. The molecule has 1 aromatic carbocycles. The summed E-state index contributed by atoms with van der Waals surface area (Å²) < 4.78 is 6.02. The third kappa shape index (κ3) is 4.45. The fraction of sp³-hybridized carbons (Fsp3) is 0.667. The van der Waals surface area contributed by atoms with Crippen LogP contribution in [0.1, 0.15) is 63.1 Å². The summed E-state index contributed by atoms with van der Waals surface area (Å²) in [6.45, 7) is 7.81. The summed E-state index contributed by atoms with van der Waals surface area (Å²) >= 11 is 0. The zero-order chi connectivity index (χ0) is 15.3. The van der Waals surface area contributed by atoms with Crippen LogP contribution in [-0.4, -0.2) is 23.9 Å². The molecule has 0 aromatic heterocycles. The first-order chi connectivity index (χ1) is 10.0. The normalized spacial score (nSPS) is 18.7. The van der Waals surface area contributed by atoms with E-state index < -0.39 is 5.60 Å². The smallest absolute Gasteiger partial charge is 0.124 e. The molecule has 21 heavy (non-hydrogen) atoms. The summed E-state index contributed by atoms with van der Waals surface area (Å²) in [7, 11) is 0. The summed E-state index contributed by atoms with van der Waals surface area (Å²) in [6.07, 6.45) is 5.05. The molecule has 1 aliphatic rings. The van der Waals surface area contributed by atoms with Crippen LogP contribution in [0.4, 0.5) is 0 Å². The number of aryl methyl sites for hydroxylation is 1. The van der Waals surface area contributed by atoms with Gasteiger partial charge < -0.3 is 15.2 Å². The van der Waals surface area contributed by atoms with Crippen LogP contribution in [-0.2, 0) is 0 Å². The number of nitrogens with one attached hydrogen (secondary N) is 1. The first-order valence-electron chi connectivity index (χ1n) is 8.23. The highest BCUT2D eigenvalue weighted by Gasteiger charge is 2.32. The minimum Gasteiger partial charge on any atom is -0.490 e. The van der Waals surface area contributed by atoms with Gasteiger partial charge in [-0.1, -0.05) is 31.9 Å². The molecular weight excluding hydrogens is 262 g/mol. The number of hydrogen-bond donors (Lipinski definition) is 2. The van der Waals surface area contributed by atoms with Crippen molar-refractivity contribution >= 4 is 0 Å². The third-order valence-electron chi connectivity index (χ3n) is 4.37. The largest absolute Gasteiger partial charge is 0.490 e. The van der Waals surface area contributed by atoms with Gasteiger partial charge in [0.05, 0.1) is 5.60 Å². The number of aliphatic hydroxyl groups is 1. The average molecular weight is 291 g/mol. The van der Waals surface area contributed by atoms with Crippen LogP contribution in [0.2, 0.25) is 0 Å². The van der Waals surface area contributed by atoms with Crippen LogP contribution in [0.25, 0.3) is 0 Å². The van der Waals surface area contributed by atoms with Crippen molar-refractivity contribution < 1.29 is 9.84 Å². The lowest BCUT2D eigenvalue weighted by molar-refractivity contribution is 0.000991. The third-order valence-corrected chi connectivity index (χ3v) is 4.37. The van der Waals surface area contributed by atoms with E-state index in [1.165, 1.54) is 11.1 Å². The van der Waals surface area contributed by atoms with E-state index >= 15 is 0 Å². The lowest BCUT2D eigenvalue weighted by Crippen LogP contribution is -2.32. The zero-order valence-corrected chi connectivity index (χ0v) is 13.6. The molecule has 2 N–H and O–H groups in total. The second kappa shape index (κ2) is 7.28. The van der Waals surface area contributed by atoms with E-state index in [1.54, 1.807) is 0 Å². The van der Waals surface area contributed by atoms with E-state index in [9.17, 15) is 5.11 Å². The van der Waals surface area contributed by atoms with Gasteiger partial charge in [0.1, 0.15) is 12.4 Å². The minimum atomic E-state index is -0.624. The average Bonchev–Trinajstić information content (AvgIpc) is 2.90. The molecule has 0 bridgehead atoms. The Labute approximate surface area is 128 Å². The minimum absolute atomic E-state index is 0.263. The number of rotatable bonds is 7. The number of ether oxygens (including phenoxy) is 1. The standard InChI is InChI=1S/C18H29NO2/c1-4-11-19-15(3)16-8-7-14(2)12-17(16)21-13-18(20)9-5-6-10-18/h7-8,12,15,19-20H,4-6,9-11,13H2,1-3H3. The molecular formula is C18H29NO2. The van der Waals surface area contributed by atoms with Crippen LogP contribution >= 0.6 is 0 Å². The van der Waals surface area contributed by atoms with Crippen LogP contribution in [0.3, 0.4) is 0 Å². The highest BCUT2D eigenvalue weighted by atomic mass is 16.5. The van der Waals surface area contributed by atoms with Crippen molar-refractivity contribution in [3.8, 4) is 5.75 Å². The first kappa shape index (κ1) is 16.3. The predicted molar refractivity (Wildman–Crippen MR) is 86.8 cm³/mol. The van der Waals surface area contributed by atoms with Crippen molar-refractivity contribution in [2.24, 2.45) is 0 Å². The lowest BCUT2D eigenvalue weighted by atomic mass is 10.0. The summed E-state index contributed by atoms with van der Waals surface area (Å²) in [5.74, 6) is 0.909. The monoisotopic (exact) mass is 291 g/mol. The molecule has 1 aromatic rings. The second-order valence-corrected chi connectivity index (χ2v) is 6.44. The van der Waals surface area contributed by atoms with Gasteiger partial charge in [0.25, 0.3) is 0 Å². The maximum Gasteiger partial charge on any atom is 0.124 e. The van der Waals surface area contributed by atoms with Crippen molar-refractivity contribution in [1.29, 1.82) is 0 Å². The van der Waals surface area contributed by atoms with Gasteiger partial charge in [-0.15, -0.1) is 0 Å². The van der Waals surface area contributed by atoms with Gasteiger partial charge in [0.2, 0.25) is 0 Å². The van der Waals surface area contributed by atoms with Crippen LogP contribution < -0.4 is 10.1 Å². The van der Waals surface area contributed by atoms with E-state index in [0.717, 1.165) is 44.4 Å². The topological polar surface area (TPSA) is 41.5 Å². The molecule has 3 heteroatoms. The predicted octanol–water partition coefficient (Wildman–Crippen LogP) is 3.74. The molecule has 1 unspecified atom stereocenters. The molecule has 0 radical (unpaired) electrons. The van der Waals surface area contributed by atoms with Gasteiger partial charge in [-0.05, 0) is 51.3 Å². The Morgan fingerprint density at radius 3 is 2.71 bits per heavy atom. The zero-order valence-electron chi connectivity index (χ0n) is 13.6. The molecule has 2 rings (SSSR count). The quantitative estimate of drug-likeness (QED) is 0.804. The van der Waals surface area contributed by atoms with Crippen molar-refractivity contribution in [3.63, 3.8) is 0 Å². The molecule has 0 spiro atoms. The molecule has 0 amide bonds. The molecule has 1 saturated carbocycles. The molecule has 3 nitrogen and oxygen atoms in total. The first-order valence-corrected chi connectivity index (χ1v) is 8.23. The molecule has 1 atom stereocenters. The molecule has 1 fully saturated rings. The second-order valence-electron chi connectivity index (χ2n) is 6.44. The molecule has 1 aliphatic carbocycles. The van der Waals surface area contributed by atoms with Gasteiger partial charge in [-0.25, -0.2) is 0 Å². The Hall–Kier alpha value is -1.06. The Morgan fingerprint density at radius 2 is 2.05 bits per heavy atom. The van der Waals surface area contributed by atoms with E-state index in [0.29, 0.717) is 6.61 Å². The SMILES string of the molecule is CCCNC(C)c1ccc(C)cc1OCC1(O)CCCC1. The van der Waals surface area contributed by atoms with E-state index in [2.05, 4.69) is 44.3 Å². The van der Waals surface area contributed by atoms with Crippen molar-refractivity contribution in [1.82, 2.24) is 5.32 Å². The lowest BCUT2D eigenvalue weighted by Gasteiger charge is -2.25. The summed E-state index contributed by atoms with van der Waals surface area (Å²) in [4.78, 5) is 0. The van der Waals surface area contributed by atoms with Crippen molar-refractivity contribution in [3.05, 3.63) is 29.3 Å². The van der Waals surface area contributed by atoms with Crippen LogP contribution in [0.15, 0.2) is 18.2 Å². The Kier molecular flexibility index (Phi) is 5.65. The maximum atomic E-state index is 10.5. The highest BCUT2D eigenvalue weighted by molar-refractivity contribution is 5.39. The number of benzene rings is 1. The van der Waals surface area contributed by atoms with Gasteiger partial charge in [-0.3, -0.25) is 0 Å². The van der Waals surface area contributed by atoms with Crippen LogP contribution in [0, 0.1) is 6.92 Å². The van der Waals surface area contributed by atoms with E-state index in [1.807, 2.05) is 0 Å². The Bertz CT molecular complexity index is 453. The fourth-order valence-electron chi connectivity index (χ4n) is 2.98. The summed E-state index contributed by atoms with van der Waals surface area (Å²) in [6, 6.07) is 6.60. The van der Waals surface area contributed by atoms with Crippen molar-refractivity contribution in [2.75, 3.05) is 13.2 Å².